The second-order valence-electron chi connectivity index (χ2n) is 6.46. The second kappa shape index (κ2) is 7.49. The summed E-state index contributed by atoms with van der Waals surface area (Å²) in [7, 11) is 0. The van der Waals surface area contributed by atoms with Crippen LogP contribution in [0.4, 0.5) is 11.6 Å². The molecule has 0 aliphatic carbocycles. The number of likely N-dealkylation sites (tertiary alicyclic amines) is 1. The highest BCUT2D eigenvalue weighted by Gasteiger charge is 2.32. The van der Waals surface area contributed by atoms with Crippen molar-refractivity contribution >= 4 is 17.5 Å². The van der Waals surface area contributed by atoms with E-state index in [0.29, 0.717) is 23.0 Å². The topological polar surface area (TPSA) is 83.9 Å². The minimum atomic E-state index is -0.0539. The largest absolute Gasteiger partial charge is 0.330 e. The lowest BCUT2D eigenvalue weighted by Gasteiger charge is -2.25. The van der Waals surface area contributed by atoms with Gasteiger partial charge in [0.25, 0.3) is 5.91 Å². The molecule has 2 aromatic heterocycles. The Kier molecular flexibility index (Phi) is 4.74. The van der Waals surface area contributed by atoms with E-state index in [1.807, 2.05) is 48.2 Å². The average Bonchev–Trinajstić information content (AvgIpc) is 3.18. The van der Waals surface area contributed by atoms with Gasteiger partial charge in [-0.25, -0.2) is 15.0 Å². The molecule has 136 valence electrons. The van der Waals surface area contributed by atoms with Crippen LogP contribution in [0.3, 0.4) is 0 Å². The van der Waals surface area contributed by atoms with E-state index in [-0.39, 0.29) is 11.9 Å². The van der Waals surface area contributed by atoms with Gasteiger partial charge in [-0.1, -0.05) is 18.2 Å². The molecule has 0 bridgehead atoms. The van der Waals surface area contributed by atoms with E-state index < -0.39 is 0 Å². The van der Waals surface area contributed by atoms with Crippen LogP contribution in [0.15, 0.2) is 55.0 Å². The summed E-state index contributed by atoms with van der Waals surface area (Å²) >= 11 is 0. The fourth-order valence-corrected chi connectivity index (χ4v) is 3.38. The Bertz CT molecular complexity index is 932. The zero-order valence-corrected chi connectivity index (χ0v) is 15.0. The Morgan fingerprint density at radius 2 is 2.00 bits per heavy atom. The standard InChI is InChI=1S/C20H20N6O/c1-14-23-16(12-18(24-14)25-19-13-21-9-10-22-19)17-8-5-11-26(17)20(27)15-6-3-2-4-7-15/h2-4,6-7,9-10,12-13,17H,5,8,11H2,1H3,(H,22,23,24,25). The maximum absolute atomic E-state index is 12.9. The van der Waals surface area contributed by atoms with Crippen molar-refractivity contribution < 1.29 is 4.79 Å². The van der Waals surface area contributed by atoms with Gasteiger partial charge >= 0.3 is 0 Å². The van der Waals surface area contributed by atoms with E-state index in [0.717, 1.165) is 25.1 Å². The van der Waals surface area contributed by atoms with Crippen LogP contribution in [0.5, 0.6) is 0 Å². The fourth-order valence-electron chi connectivity index (χ4n) is 3.38. The summed E-state index contributed by atoms with van der Waals surface area (Å²) in [4.78, 5) is 32.1. The number of amides is 1. The molecule has 27 heavy (non-hydrogen) atoms. The Labute approximate surface area is 157 Å². The van der Waals surface area contributed by atoms with Crippen LogP contribution in [0.1, 0.15) is 40.8 Å². The van der Waals surface area contributed by atoms with Gasteiger partial charge in [0.15, 0.2) is 0 Å². The minimum absolute atomic E-state index is 0.0396. The van der Waals surface area contributed by atoms with Crippen LogP contribution >= 0.6 is 0 Å². The maximum atomic E-state index is 12.9. The summed E-state index contributed by atoms with van der Waals surface area (Å²) in [5, 5.41) is 3.16. The van der Waals surface area contributed by atoms with Gasteiger partial charge < -0.3 is 10.2 Å². The molecule has 1 N–H and O–H groups in total. The van der Waals surface area contributed by atoms with E-state index in [4.69, 9.17) is 0 Å². The summed E-state index contributed by atoms with van der Waals surface area (Å²) in [5.74, 6) is 1.96. The number of nitrogens with one attached hydrogen (secondary N) is 1. The van der Waals surface area contributed by atoms with Gasteiger partial charge in [0.2, 0.25) is 0 Å². The number of rotatable bonds is 4. The third-order valence-corrected chi connectivity index (χ3v) is 4.55. The van der Waals surface area contributed by atoms with Crippen molar-refractivity contribution in [2.75, 3.05) is 11.9 Å². The van der Waals surface area contributed by atoms with Crippen molar-refractivity contribution in [1.82, 2.24) is 24.8 Å². The number of aromatic nitrogens is 4. The molecule has 1 unspecified atom stereocenters. The molecule has 0 spiro atoms. The molecule has 1 fully saturated rings. The maximum Gasteiger partial charge on any atom is 0.254 e. The average molecular weight is 360 g/mol. The summed E-state index contributed by atoms with van der Waals surface area (Å²) in [6, 6.07) is 11.2. The number of carbonyl (C=O) groups excluding carboxylic acids is 1. The minimum Gasteiger partial charge on any atom is -0.330 e. The smallest absolute Gasteiger partial charge is 0.254 e. The molecular formula is C20H20N6O. The SMILES string of the molecule is Cc1nc(Nc2cnccn2)cc(C2CCCN2C(=O)c2ccccc2)n1. The summed E-state index contributed by atoms with van der Waals surface area (Å²) in [6.45, 7) is 2.58. The first-order valence-corrected chi connectivity index (χ1v) is 8.95. The van der Waals surface area contributed by atoms with Crippen molar-refractivity contribution in [3.63, 3.8) is 0 Å². The number of nitrogens with zero attached hydrogens (tertiary/aromatic N) is 5. The summed E-state index contributed by atoms with van der Waals surface area (Å²) in [5.41, 5.74) is 1.55. The first kappa shape index (κ1) is 17.1. The van der Waals surface area contributed by atoms with E-state index in [2.05, 4.69) is 25.3 Å². The van der Waals surface area contributed by atoms with Gasteiger partial charge in [-0.05, 0) is 31.9 Å². The molecule has 0 saturated carbocycles. The van der Waals surface area contributed by atoms with Gasteiger partial charge in [0, 0.05) is 30.6 Å². The van der Waals surface area contributed by atoms with Crippen LogP contribution < -0.4 is 5.32 Å². The van der Waals surface area contributed by atoms with Crippen LogP contribution in [-0.2, 0) is 0 Å². The highest BCUT2D eigenvalue weighted by molar-refractivity contribution is 5.94. The number of hydrogen-bond donors (Lipinski definition) is 1. The van der Waals surface area contributed by atoms with E-state index in [1.165, 1.54) is 0 Å². The molecule has 4 rings (SSSR count). The van der Waals surface area contributed by atoms with E-state index >= 15 is 0 Å². The predicted molar refractivity (Wildman–Crippen MR) is 102 cm³/mol. The molecule has 7 heteroatoms. The lowest BCUT2D eigenvalue weighted by molar-refractivity contribution is 0.0732. The molecule has 3 aromatic rings. The first-order chi connectivity index (χ1) is 13.2. The van der Waals surface area contributed by atoms with E-state index in [1.54, 1.807) is 18.6 Å². The van der Waals surface area contributed by atoms with Crippen molar-refractivity contribution in [3.05, 3.63) is 72.1 Å². The molecule has 1 saturated heterocycles. The monoisotopic (exact) mass is 360 g/mol. The second-order valence-corrected chi connectivity index (χ2v) is 6.46. The zero-order chi connectivity index (χ0) is 18.6. The highest BCUT2D eigenvalue weighted by atomic mass is 16.2. The number of carbonyl (C=O) groups is 1. The first-order valence-electron chi connectivity index (χ1n) is 8.95. The summed E-state index contributed by atoms with van der Waals surface area (Å²) in [6.07, 6.45) is 6.72. The zero-order valence-electron chi connectivity index (χ0n) is 15.0. The summed E-state index contributed by atoms with van der Waals surface area (Å²) < 4.78 is 0. The van der Waals surface area contributed by atoms with Crippen LogP contribution in [0, 0.1) is 6.92 Å². The number of aryl methyl sites for hydroxylation is 1. The van der Waals surface area contributed by atoms with Crippen molar-refractivity contribution in [1.29, 1.82) is 0 Å². The Morgan fingerprint density at radius 3 is 2.78 bits per heavy atom. The highest BCUT2D eigenvalue weighted by Crippen LogP contribution is 2.33. The molecule has 0 radical (unpaired) electrons. The fraction of sp³-hybridized carbons (Fsp3) is 0.250. The van der Waals surface area contributed by atoms with Gasteiger partial charge in [-0.15, -0.1) is 0 Å². The van der Waals surface area contributed by atoms with Crippen molar-refractivity contribution in [2.24, 2.45) is 0 Å². The number of benzene rings is 1. The normalized spacial score (nSPS) is 16.3. The van der Waals surface area contributed by atoms with Gasteiger partial charge in [0.05, 0.1) is 17.9 Å². The lowest BCUT2D eigenvalue weighted by atomic mass is 10.1. The third kappa shape index (κ3) is 3.76. The molecule has 1 aromatic carbocycles. The Hall–Kier alpha value is -3.35. The lowest BCUT2D eigenvalue weighted by Crippen LogP contribution is -2.31. The molecule has 1 amide bonds. The quantitative estimate of drug-likeness (QED) is 0.768. The molecule has 1 atom stereocenters. The van der Waals surface area contributed by atoms with Gasteiger partial charge in [-0.2, -0.15) is 0 Å². The molecule has 1 aliphatic heterocycles. The predicted octanol–water partition coefficient (Wildman–Crippen LogP) is 3.30. The van der Waals surface area contributed by atoms with Crippen LogP contribution in [0.25, 0.3) is 0 Å². The molecular weight excluding hydrogens is 340 g/mol. The van der Waals surface area contributed by atoms with E-state index in [9.17, 15) is 4.79 Å². The van der Waals surface area contributed by atoms with Crippen molar-refractivity contribution in [2.45, 2.75) is 25.8 Å². The van der Waals surface area contributed by atoms with Crippen molar-refractivity contribution in [3.8, 4) is 0 Å². The van der Waals surface area contributed by atoms with Gasteiger partial charge in [-0.3, -0.25) is 9.78 Å². The van der Waals surface area contributed by atoms with Crippen LogP contribution in [-0.4, -0.2) is 37.3 Å². The number of hydrogen-bond acceptors (Lipinski definition) is 6. The molecule has 7 nitrogen and oxygen atoms in total. The van der Waals surface area contributed by atoms with Crippen LogP contribution in [0.2, 0.25) is 0 Å². The Morgan fingerprint density at radius 1 is 1.15 bits per heavy atom. The number of anilines is 2. The van der Waals surface area contributed by atoms with Gasteiger partial charge in [0.1, 0.15) is 17.5 Å². The Balaban J connectivity index is 1.61. The third-order valence-electron chi connectivity index (χ3n) is 4.55. The molecule has 1 aliphatic rings. The molecule has 3 heterocycles.